The van der Waals surface area contributed by atoms with Crippen molar-refractivity contribution in [3.05, 3.63) is 41.0 Å². The number of hydrogen-bond acceptors (Lipinski definition) is 16. The van der Waals surface area contributed by atoms with Crippen molar-refractivity contribution in [3.8, 4) is 10.4 Å². The second-order valence-electron chi connectivity index (χ2n) is 15.9. The Balaban J connectivity index is 1.14. The molecule has 1 aliphatic heterocycles. The molecule has 364 valence electrons. The van der Waals surface area contributed by atoms with Gasteiger partial charge >= 0.3 is 0 Å². The largest absolute Gasteiger partial charge is 0.391 e. The monoisotopic (exact) mass is 926 g/mol. The van der Waals surface area contributed by atoms with Crippen LogP contribution in [0.1, 0.15) is 51.8 Å². The molecular formula is C45H74N4O14S. The van der Waals surface area contributed by atoms with Crippen molar-refractivity contribution in [3.63, 3.8) is 0 Å². The van der Waals surface area contributed by atoms with Gasteiger partial charge in [-0.1, -0.05) is 45.0 Å². The van der Waals surface area contributed by atoms with Crippen LogP contribution in [0.2, 0.25) is 0 Å². The molecule has 18 nitrogen and oxygen atoms in total. The van der Waals surface area contributed by atoms with E-state index in [9.17, 15) is 19.5 Å². The van der Waals surface area contributed by atoms with Crippen molar-refractivity contribution in [1.29, 1.82) is 0 Å². The van der Waals surface area contributed by atoms with Crippen LogP contribution < -0.4 is 10.6 Å². The molecule has 1 saturated heterocycles. The Kier molecular flexibility index (Phi) is 28.7. The maximum absolute atomic E-state index is 13.9. The predicted octanol–water partition coefficient (Wildman–Crippen LogP) is 2.80. The number of thiazole rings is 1. The van der Waals surface area contributed by atoms with Gasteiger partial charge in [-0.2, -0.15) is 0 Å². The molecule has 0 bridgehead atoms. The topological polar surface area (TPSA) is 204 Å². The summed E-state index contributed by atoms with van der Waals surface area (Å²) in [6.45, 7) is 19.0. The molecule has 0 radical (unpaired) electrons. The molecule has 64 heavy (non-hydrogen) atoms. The Bertz CT molecular complexity index is 1550. The zero-order valence-corrected chi connectivity index (χ0v) is 39.5. The standard InChI is InChI=1S/C45H74N4O14S/c1-6-54-13-14-56-17-18-58-21-22-60-25-26-62-29-30-63-28-27-61-24-23-59-20-19-57-16-15-55-12-11-40(51)48-42(45(3,4)5)44(53)49-33-38(50)31-39(49)43(52)46-32-36-7-9-37(10-8-36)41-35(2)47-34-64-41/h7-10,34,38-39,42,50H,6,11-33H2,1-5H3,(H,46,52)(H,48,51)/t38-,39+,42-/m1/s1. The molecule has 0 spiro atoms. The van der Waals surface area contributed by atoms with Gasteiger partial charge in [0.2, 0.25) is 17.7 Å². The Labute approximate surface area is 383 Å². The lowest BCUT2D eigenvalue weighted by molar-refractivity contribution is -0.144. The quantitative estimate of drug-likeness (QED) is 0.0835. The van der Waals surface area contributed by atoms with Crippen LogP contribution in [0.3, 0.4) is 0 Å². The van der Waals surface area contributed by atoms with E-state index in [1.54, 1.807) is 11.3 Å². The zero-order valence-electron chi connectivity index (χ0n) is 38.6. The summed E-state index contributed by atoms with van der Waals surface area (Å²) in [7, 11) is 0. The fraction of sp³-hybridized carbons (Fsp3) is 0.733. The third-order valence-electron chi connectivity index (χ3n) is 9.74. The smallest absolute Gasteiger partial charge is 0.246 e. The number of benzene rings is 1. The number of rotatable bonds is 37. The third-order valence-corrected chi connectivity index (χ3v) is 10.7. The highest BCUT2D eigenvalue weighted by molar-refractivity contribution is 7.13. The minimum atomic E-state index is -0.919. The van der Waals surface area contributed by atoms with Gasteiger partial charge in [0.15, 0.2) is 0 Å². The first kappa shape index (κ1) is 55.1. The molecule has 0 saturated carbocycles. The number of β-amino-alcohol motifs (C(OH)–C–C–N with tert-alkyl or cyclic N) is 1. The van der Waals surface area contributed by atoms with Gasteiger partial charge < -0.3 is 68.0 Å². The minimum Gasteiger partial charge on any atom is -0.391 e. The summed E-state index contributed by atoms with van der Waals surface area (Å²) < 4.78 is 54.6. The maximum Gasteiger partial charge on any atom is 0.246 e. The molecule has 2 heterocycles. The van der Waals surface area contributed by atoms with Crippen molar-refractivity contribution in [2.75, 3.05) is 139 Å². The van der Waals surface area contributed by atoms with Crippen LogP contribution in [-0.2, 0) is 68.3 Å². The first-order valence-corrected chi connectivity index (χ1v) is 23.2. The van der Waals surface area contributed by atoms with E-state index in [-0.39, 0.29) is 51.0 Å². The lowest BCUT2D eigenvalue weighted by Crippen LogP contribution is -2.57. The van der Waals surface area contributed by atoms with E-state index in [0.29, 0.717) is 119 Å². The van der Waals surface area contributed by atoms with Gasteiger partial charge in [-0.25, -0.2) is 4.98 Å². The number of ether oxygens (including phenoxy) is 10. The van der Waals surface area contributed by atoms with Crippen molar-refractivity contribution in [2.24, 2.45) is 5.41 Å². The van der Waals surface area contributed by atoms with Crippen LogP contribution in [0.4, 0.5) is 0 Å². The molecule has 19 heteroatoms. The molecule has 3 atom stereocenters. The van der Waals surface area contributed by atoms with Crippen LogP contribution in [-0.4, -0.2) is 190 Å². The number of likely N-dealkylation sites (tertiary alicyclic amines) is 1. The number of aliphatic hydroxyl groups is 1. The average molecular weight is 927 g/mol. The van der Waals surface area contributed by atoms with Crippen molar-refractivity contribution in [2.45, 2.75) is 72.2 Å². The number of nitrogens with zero attached hydrogens (tertiary/aromatic N) is 2. The summed E-state index contributed by atoms with van der Waals surface area (Å²) in [4.78, 5) is 47.0. The van der Waals surface area contributed by atoms with E-state index in [0.717, 1.165) is 21.7 Å². The molecule has 3 rings (SSSR count). The molecule has 0 aliphatic carbocycles. The number of aliphatic hydroxyl groups excluding tert-OH is 1. The van der Waals surface area contributed by atoms with Gasteiger partial charge in [-0.05, 0) is 30.4 Å². The van der Waals surface area contributed by atoms with Crippen molar-refractivity contribution < 1.29 is 66.9 Å². The minimum absolute atomic E-state index is 0.00135. The summed E-state index contributed by atoms with van der Waals surface area (Å²) in [6, 6.07) is 6.10. The maximum atomic E-state index is 13.9. The Morgan fingerprint density at radius 3 is 1.56 bits per heavy atom. The normalized spacial score (nSPS) is 15.8. The molecule has 0 unspecified atom stereocenters. The number of carbonyl (C=O) groups is 3. The first-order chi connectivity index (χ1) is 31.0. The molecule has 1 aliphatic rings. The van der Waals surface area contributed by atoms with E-state index in [1.807, 2.05) is 64.4 Å². The Hall–Kier alpha value is -3.18. The van der Waals surface area contributed by atoms with Crippen LogP contribution >= 0.6 is 11.3 Å². The van der Waals surface area contributed by atoms with E-state index >= 15 is 0 Å². The SMILES string of the molecule is CCOCCOCCOCCOCCOCCOCCOCCOCCOCCOCCC(=O)N[C@H](C(=O)N1C[C@H](O)C[C@H]1C(=O)NCc1ccc(-c2scnc2C)cc1)C(C)(C)C. The molecule has 3 N–H and O–H groups in total. The van der Waals surface area contributed by atoms with Crippen LogP contribution in [0.15, 0.2) is 29.8 Å². The summed E-state index contributed by atoms with van der Waals surface area (Å²) >= 11 is 1.57. The van der Waals surface area contributed by atoms with E-state index in [1.165, 1.54) is 4.90 Å². The van der Waals surface area contributed by atoms with E-state index < -0.39 is 29.5 Å². The van der Waals surface area contributed by atoms with Gasteiger partial charge in [0.1, 0.15) is 12.1 Å². The highest BCUT2D eigenvalue weighted by Crippen LogP contribution is 2.28. The molecule has 3 amide bonds. The number of aromatic nitrogens is 1. The molecule has 2 aromatic rings. The molecule has 1 fully saturated rings. The van der Waals surface area contributed by atoms with Crippen LogP contribution in [0.25, 0.3) is 10.4 Å². The van der Waals surface area contributed by atoms with Crippen LogP contribution in [0, 0.1) is 12.3 Å². The van der Waals surface area contributed by atoms with Crippen molar-refractivity contribution in [1.82, 2.24) is 20.5 Å². The highest BCUT2D eigenvalue weighted by atomic mass is 32.1. The van der Waals surface area contributed by atoms with E-state index in [4.69, 9.17) is 47.4 Å². The number of carbonyl (C=O) groups excluding carboxylic acids is 3. The Morgan fingerprint density at radius 1 is 0.719 bits per heavy atom. The van der Waals surface area contributed by atoms with Gasteiger partial charge in [-0.15, -0.1) is 11.3 Å². The third kappa shape index (κ3) is 23.3. The second kappa shape index (κ2) is 33.3. The van der Waals surface area contributed by atoms with Crippen molar-refractivity contribution >= 4 is 29.1 Å². The van der Waals surface area contributed by atoms with Gasteiger partial charge in [0, 0.05) is 32.5 Å². The predicted molar refractivity (Wildman–Crippen MR) is 240 cm³/mol. The van der Waals surface area contributed by atoms with Gasteiger partial charge in [-0.3, -0.25) is 14.4 Å². The summed E-state index contributed by atoms with van der Waals surface area (Å²) in [5.41, 5.74) is 4.07. The molecule has 1 aromatic heterocycles. The molecular weight excluding hydrogens is 853 g/mol. The number of aryl methyl sites for hydroxylation is 1. The number of amides is 3. The fourth-order valence-electron chi connectivity index (χ4n) is 6.30. The summed E-state index contributed by atoms with van der Waals surface area (Å²) in [5.74, 6) is -1.13. The Morgan fingerprint density at radius 2 is 1.16 bits per heavy atom. The second-order valence-corrected chi connectivity index (χ2v) is 16.8. The molecule has 1 aromatic carbocycles. The summed E-state index contributed by atoms with van der Waals surface area (Å²) in [5, 5.41) is 16.3. The van der Waals surface area contributed by atoms with Gasteiger partial charge in [0.05, 0.1) is 148 Å². The van der Waals surface area contributed by atoms with Crippen LogP contribution in [0.5, 0.6) is 0 Å². The fourth-order valence-corrected chi connectivity index (χ4v) is 7.11. The van der Waals surface area contributed by atoms with Gasteiger partial charge in [0.25, 0.3) is 0 Å². The zero-order chi connectivity index (χ0) is 46.3. The van der Waals surface area contributed by atoms with E-state index in [2.05, 4.69) is 15.6 Å². The number of hydrogen-bond donors (Lipinski definition) is 3. The average Bonchev–Trinajstić information content (AvgIpc) is 3.89. The highest BCUT2D eigenvalue weighted by Gasteiger charge is 2.44. The lowest BCUT2D eigenvalue weighted by atomic mass is 9.85. The lowest BCUT2D eigenvalue weighted by Gasteiger charge is -2.35. The first-order valence-electron chi connectivity index (χ1n) is 22.3. The number of nitrogens with one attached hydrogen (secondary N) is 2. The summed E-state index contributed by atoms with van der Waals surface area (Å²) in [6.07, 6.45) is -0.706.